The van der Waals surface area contributed by atoms with Crippen LogP contribution in [0.1, 0.15) is 42.1 Å². The lowest BCUT2D eigenvalue weighted by Gasteiger charge is -2.18. The van der Waals surface area contributed by atoms with Gasteiger partial charge in [0.05, 0.1) is 5.52 Å². The molecule has 1 atom stereocenters. The third kappa shape index (κ3) is 7.23. The first-order valence-corrected chi connectivity index (χ1v) is 13.4. The number of aromatic nitrogens is 1. The van der Waals surface area contributed by atoms with Gasteiger partial charge in [0.25, 0.3) is 6.29 Å². The van der Waals surface area contributed by atoms with Crippen LogP contribution in [0, 0.1) is 18.6 Å². The van der Waals surface area contributed by atoms with Crippen LogP contribution < -0.4 is 9.47 Å². The number of carboxylic acid groups (broad SMARTS) is 2. The Morgan fingerprint density at radius 3 is 2.33 bits per heavy atom. The quantitative estimate of drug-likeness (QED) is 0.0990. The Morgan fingerprint density at radius 1 is 0.929 bits per heavy atom. The van der Waals surface area contributed by atoms with E-state index in [0.29, 0.717) is 46.3 Å². The lowest BCUT2D eigenvalue weighted by atomic mass is 10.0. The van der Waals surface area contributed by atoms with Gasteiger partial charge in [-0.3, -0.25) is 9.59 Å². The maximum Gasteiger partial charge on any atom is 0.323 e. The lowest BCUT2D eigenvalue weighted by Crippen LogP contribution is -2.21. The molecule has 0 aliphatic heterocycles. The summed E-state index contributed by atoms with van der Waals surface area (Å²) in [7, 11) is 0. The van der Waals surface area contributed by atoms with Crippen LogP contribution in [0.15, 0.2) is 72.8 Å². The Bertz CT molecular complexity index is 1640. The Balaban J connectivity index is 1.60. The summed E-state index contributed by atoms with van der Waals surface area (Å²) in [5, 5.41) is 18.9. The number of benzene rings is 3. The molecule has 0 radical (unpaired) electrons. The largest absolute Gasteiger partial charge is 0.481 e. The van der Waals surface area contributed by atoms with Gasteiger partial charge < -0.3 is 24.3 Å². The van der Waals surface area contributed by atoms with Gasteiger partial charge in [-0.2, -0.15) is 0 Å². The van der Waals surface area contributed by atoms with Gasteiger partial charge in [0.15, 0.2) is 11.6 Å². The molecule has 0 aliphatic carbocycles. The first-order chi connectivity index (χ1) is 20.2. The SMILES string of the molecule is CC=CC(Oc1ccc(C=Cc2ccc(F)c3c(CCCC(=O)O)c(C)n(CC(=O)O)c23)cc1)Oc1ccccc1F. The van der Waals surface area contributed by atoms with E-state index in [1.807, 2.05) is 6.08 Å². The van der Waals surface area contributed by atoms with Gasteiger partial charge in [-0.15, -0.1) is 0 Å². The first-order valence-electron chi connectivity index (χ1n) is 13.4. The minimum Gasteiger partial charge on any atom is -0.481 e. The zero-order valence-electron chi connectivity index (χ0n) is 23.2. The fraction of sp³-hybridized carbons (Fsp3) is 0.212. The average molecular weight is 576 g/mol. The first kappa shape index (κ1) is 30.0. The molecule has 0 bridgehead atoms. The molecule has 3 aromatic carbocycles. The molecule has 0 fully saturated rings. The number of carboxylic acids is 2. The number of rotatable bonds is 13. The third-order valence-corrected chi connectivity index (χ3v) is 6.70. The van der Waals surface area contributed by atoms with Gasteiger partial charge in [-0.05, 0) is 85.9 Å². The number of fused-ring (bicyclic) bond motifs is 1. The normalized spacial score (nSPS) is 12.3. The highest BCUT2D eigenvalue weighted by Crippen LogP contribution is 2.33. The van der Waals surface area contributed by atoms with E-state index in [1.165, 1.54) is 18.2 Å². The zero-order valence-corrected chi connectivity index (χ0v) is 23.2. The van der Waals surface area contributed by atoms with Crippen LogP contribution in [0.3, 0.4) is 0 Å². The number of aryl methyl sites for hydroxylation is 1. The van der Waals surface area contributed by atoms with Crippen molar-refractivity contribution in [1.82, 2.24) is 4.57 Å². The summed E-state index contributed by atoms with van der Waals surface area (Å²) < 4.78 is 42.3. The number of nitrogens with zero attached hydrogens (tertiary/aromatic N) is 1. The van der Waals surface area contributed by atoms with E-state index in [2.05, 4.69) is 0 Å². The summed E-state index contributed by atoms with van der Waals surface area (Å²) in [5.74, 6) is -2.45. The van der Waals surface area contributed by atoms with Crippen LogP contribution in [0.25, 0.3) is 23.1 Å². The predicted octanol–water partition coefficient (Wildman–Crippen LogP) is 7.25. The fourth-order valence-corrected chi connectivity index (χ4v) is 4.76. The van der Waals surface area contributed by atoms with Crippen LogP contribution in [0.4, 0.5) is 8.78 Å². The summed E-state index contributed by atoms with van der Waals surface area (Å²) in [5.41, 5.74) is 3.05. The van der Waals surface area contributed by atoms with E-state index in [0.717, 1.165) is 5.56 Å². The summed E-state index contributed by atoms with van der Waals surface area (Å²) in [6.07, 6.45) is 6.67. The number of ether oxygens (including phenoxy) is 2. The van der Waals surface area contributed by atoms with Crippen LogP contribution in [0.5, 0.6) is 11.5 Å². The lowest BCUT2D eigenvalue weighted by molar-refractivity contribution is -0.138. The average Bonchev–Trinajstić information content (AvgIpc) is 3.22. The van der Waals surface area contributed by atoms with Crippen LogP contribution >= 0.6 is 0 Å². The molecule has 1 aromatic heterocycles. The summed E-state index contributed by atoms with van der Waals surface area (Å²) >= 11 is 0. The molecule has 0 aliphatic rings. The highest BCUT2D eigenvalue weighted by atomic mass is 19.1. The molecule has 1 heterocycles. The number of allylic oxidation sites excluding steroid dienone is 1. The molecule has 4 rings (SSSR count). The molecule has 0 spiro atoms. The molecule has 0 saturated heterocycles. The topological polar surface area (TPSA) is 98.0 Å². The molecule has 42 heavy (non-hydrogen) atoms. The van der Waals surface area contributed by atoms with Crippen molar-refractivity contribution in [3.8, 4) is 11.5 Å². The second-order valence-electron chi connectivity index (χ2n) is 9.61. The van der Waals surface area contributed by atoms with Gasteiger partial charge in [0, 0.05) is 17.5 Å². The third-order valence-electron chi connectivity index (χ3n) is 6.70. The highest BCUT2D eigenvalue weighted by Gasteiger charge is 2.21. The van der Waals surface area contributed by atoms with E-state index >= 15 is 4.39 Å². The molecule has 218 valence electrons. The molecule has 0 saturated carbocycles. The Labute approximate surface area is 241 Å². The van der Waals surface area contributed by atoms with E-state index in [1.54, 1.807) is 79.1 Å². The van der Waals surface area contributed by atoms with Crippen molar-refractivity contribution in [2.75, 3.05) is 0 Å². The van der Waals surface area contributed by atoms with Crippen molar-refractivity contribution in [3.05, 3.63) is 107 Å². The number of hydrogen-bond acceptors (Lipinski definition) is 4. The number of hydrogen-bond donors (Lipinski definition) is 2. The number of para-hydroxylation sites is 1. The molecule has 7 nitrogen and oxygen atoms in total. The van der Waals surface area contributed by atoms with E-state index < -0.39 is 29.9 Å². The van der Waals surface area contributed by atoms with E-state index in [-0.39, 0.29) is 18.7 Å². The van der Waals surface area contributed by atoms with Gasteiger partial charge in [0.1, 0.15) is 18.1 Å². The van der Waals surface area contributed by atoms with Gasteiger partial charge in [-0.25, -0.2) is 8.78 Å². The maximum absolute atomic E-state index is 15.1. The predicted molar refractivity (Wildman–Crippen MR) is 156 cm³/mol. The van der Waals surface area contributed by atoms with E-state index in [9.17, 15) is 19.1 Å². The molecular weight excluding hydrogens is 544 g/mol. The zero-order chi connectivity index (χ0) is 30.2. The van der Waals surface area contributed by atoms with Crippen molar-refractivity contribution in [2.24, 2.45) is 0 Å². The Morgan fingerprint density at radius 2 is 1.67 bits per heavy atom. The fourth-order valence-electron chi connectivity index (χ4n) is 4.76. The van der Waals surface area contributed by atoms with Gasteiger partial charge >= 0.3 is 11.9 Å². The van der Waals surface area contributed by atoms with Crippen molar-refractivity contribution in [3.63, 3.8) is 0 Å². The van der Waals surface area contributed by atoms with Gasteiger partial charge in [-0.1, -0.05) is 42.5 Å². The number of aliphatic carboxylic acids is 2. The van der Waals surface area contributed by atoms with Crippen molar-refractivity contribution in [2.45, 2.75) is 45.9 Å². The summed E-state index contributed by atoms with van der Waals surface area (Å²) in [4.78, 5) is 22.7. The van der Waals surface area contributed by atoms with Crippen LogP contribution in [-0.2, 0) is 22.6 Å². The Hall–Kier alpha value is -4.92. The molecular formula is C33H31F2NO6. The van der Waals surface area contributed by atoms with Gasteiger partial charge in [0.2, 0.25) is 0 Å². The van der Waals surface area contributed by atoms with Crippen molar-refractivity contribution in [1.29, 1.82) is 0 Å². The minimum absolute atomic E-state index is 0.0682. The number of halogens is 2. The van der Waals surface area contributed by atoms with Crippen molar-refractivity contribution >= 4 is 35.0 Å². The second kappa shape index (κ2) is 13.6. The smallest absolute Gasteiger partial charge is 0.323 e. The Kier molecular flexibility index (Phi) is 9.75. The van der Waals surface area contributed by atoms with Crippen molar-refractivity contribution < 1.29 is 38.1 Å². The standard InChI is InChI=1S/C33H31F2NO6/c1-3-7-31(42-28-10-5-4-9-26(28)34)41-24-17-13-22(14-18-24)12-15-23-16-19-27(35)32-25(8-6-11-29(37)38)21(2)36(33(23)32)20-30(39)40/h3-5,7,9-10,12-19,31H,6,8,11,20H2,1-2H3,(H,37,38)(H,39,40). The monoisotopic (exact) mass is 575 g/mol. The molecule has 9 heteroatoms. The highest BCUT2D eigenvalue weighted by molar-refractivity contribution is 5.95. The molecule has 2 N–H and O–H groups in total. The van der Waals surface area contributed by atoms with Crippen LogP contribution in [-0.4, -0.2) is 33.0 Å². The molecule has 4 aromatic rings. The molecule has 0 amide bonds. The molecule has 1 unspecified atom stereocenters. The summed E-state index contributed by atoms with van der Waals surface area (Å²) in [6.45, 7) is 3.16. The second-order valence-corrected chi connectivity index (χ2v) is 9.61. The van der Waals surface area contributed by atoms with Crippen LogP contribution in [0.2, 0.25) is 0 Å². The number of carbonyl (C=O) groups is 2. The minimum atomic E-state index is -1.07. The van der Waals surface area contributed by atoms with E-state index in [4.69, 9.17) is 14.6 Å². The maximum atomic E-state index is 15.1. The summed E-state index contributed by atoms with van der Waals surface area (Å²) in [6, 6.07) is 16.1.